The minimum atomic E-state index is -0.710. The third kappa shape index (κ3) is 3.49. The van der Waals surface area contributed by atoms with Gasteiger partial charge < -0.3 is 4.74 Å². The van der Waals surface area contributed by atoms with E-state index in [1.165, 1.54) is 22.2 Å². The zero-order valence-electron chi connectivity index (χ0n) is 14.4. The van der Waals surface area contributed by atoms with Crippen LogP contribution >= 0.6 is 11.3 Å². The molecule has 5 nitrogen and oxygen atoms in total. The molecule has 1 aromatic carbocycles. The summed E-state index contributed by atoms with van der Waals surface area (Å²) in [5.74, 6) is -0.420. The van der Waals surface area contributed by atoms with Gasteiger partial charge in [0, 0.05) is 4.88 Å². The predicted octanol–water partition coefficient (Wildman–Crippen LogP) is 4.03. The smallest absolute Gasteiger partial charge is 0.329 e. The number of fused-ring (bicyclic) bond motifs is 1. The number of nitrogens with zero attached hydrogens (tertiary/aromatic N) is 2. The zero-order chi connectivity index (χ0) is 18.0. The van der Waals surface area contributed by atoms with Crippen molar-refractivity contribution in [2.24, 2.45) is 0 Å². The van der Waals surface area contributed by atoms with E-state index in [1.807, 2.05) is 50.2 Å². The summed E-state index contributed by atoms with van der Waals surface area (Å²) in [7, 11) is 0. The molecule has 2 heterocycles. The van der Waals surface area contributed by atoms with Gasteiger partial charge in [-0.05, 0) is 31.9 Å². The Morgan fingerprint density at radius 2 is 2.00 bits per heavy atom. The highest BCUT2D eigenvalue weighted by Crippen LogP contribution is 2.30. The lowest BCUT2D eigenvalue weighted by atomic mass is 10.2. The van der Waals surface area contributed by atoms with E-state index in [4.69, 9.17) is 4.74 Å². The number of carbonyl (C=O) groups is 1. The first kappa shape index (κ1) is 17.4. The third-order valence-corrected chi connectivity index (χ3v) is 5.28. The van der Waals surface area contributed by atoms with Crippen molar-refractivity contribution < 1.29 is 9.53 Å². The summed E-state index contributed by atoms with van der Waals surface area (Å²) in [6, 6.07) is 11.0. The van der Waals surface area contributed by atoms with Crippen molar-refractivity contribution in [3.8, 4) is 10.4 Å². The first-order chi connectivity index (χ1) is 12.0. The van der Waals surface area contributed by atoms with E-state index < -0.39 is 12.0 Å². The molecule has 0 radical (unpaired) electrons. The lowest BCUT2D eigenvalue weighted by Gasteiger charge is -2.17. The van der Waals surface area contributed by atoms with Crippen LogP contribution in [0.1, 0.15) is 33.2 Å². The summed E-state index contributed by atoms with van der Waals surface area (Å²) < 4.78 is 6.68. The fraction of sp³-hybridized carbons (Fsp3) is 0.316. The Morgan fingerprint density at radius 3 is 2.68 bits per heavy atom. The number of benzene rings is 1. The van der Waals surface area contributed by atoms with E-state index in [0.717, 1.165) is 16.9 Å². The van der Waals surface area contributed by atoms with Crippen LogP contribution in [0, 0.1) is 0 Å². The molecule has 2 atom stereocenters. The highest BCUT2D eigenvalue weighted by atomic mass is 32.1. The van der Waals surface area contributed by atoms with Crippen molar-refractivity contribution >= 4 is 27.5 Å². The highest BCUT2D eigenvalue weighted by Gasteiger charge is 2.21. The number of ether oxygens (including phenoxy) is 1. The molecule has 0 unspecified atom stereocenters. The summed E-state index contributed by atoms with van der Waals surface area (Å²) in [5, 5.41) is 0.523. The van der Waals surface area contributed by atoms with Gasteiger partial charge in [0.15, 0.2) is 0 Å². The van der Waals surface area contributed by atoms with Crippen molar-refractivity contribution in [3.63, 3.8) is 0 Å². The van der Waals surface area contributed by atoms with Gasteiger partial charge in [-0.25, -0.2) is 9.78 Å². The van der Waals surface area contributed by atoms with E-state index in [-0.39, 0.29) is 11.7 Å². The zero-order valence-corrected chi connectivity index (χ0v) is 15.2. The second-order valence-electron chi connectivity index (χ2n) is 5.98. The average molecular weight is 356 g/mol. The van der Waals surface area contributed by atoms with Gasteiger partial charge in [0.25, 0.3) is 5.56 Å². The maximum absolute atomic E-state index is 12.8. The molecule has 0 spiro atoms. The fourth-order valence-corrected chi connectivity index (χ4v) is 3.45. The second kappa shape index (κ2) is 7.19. The molecule has 0 aliphatic carbocycles. The predicted molar refractivity (Wildman–Crippen MR) is 99.9 cm³/mol. The molecule has 6 heteroatoms. The molecule has 0 saturated carbocycles. The number of thiophene rings is 1. The summed E-state index contributed by atoms with van der Waals surface area (Å²) in [6.45, 7) is 5.43. The molecule has 130 valence electrons. The molecule has 0 aliphatic rings. The van der Waals surface area contributed by atoms with E-state index in [9.17, 15) is 9.59 Å². The lowest BCUT2D eigenvalue weighted by Crippen LogP contribution is -2.30. The minimum absolute atomic E-state index is 0.173. The average Bonchev–Trinajstić information content (AvgIpc) is 3.07. The largest absolute Gasteiger partial charge is 0.461 e. The van der Waals surface area contributed by atoms with Crippen LogP contribution in [0.4, 0.5) is 0 Å². The molecule has 2 aromatic heterocycles. The number of rotatable bonds is 5. The van der Waals surface area contributed by atoms with Crippen LogP contribution in [0.15, 0.2) is 47.5 Å². The number of aromatic nitrogens is 2. The number of esters is 1. The molecule has 0 bridgehead atoms. The summed E-state index contributed by atoms with van der Waals surface area (Å²) in [5.41, 5.74) is 0.817. The quantitative estimate of drug-likeness (QED) is 0.648. The van der Waals surface area contributed by atoms with Crippen LogP contribution in [-0.4, -0.2) is 21.6 Å². The van der Waals surface area contributed by atoms with Gasteiger partial charge in [0.1, 0.15) is 10.9 Å². The van der Waals surface area contributed by atoms with Crippen molar-refractivity contribution in [1.29, 1.82) is 0 Å². The Hall–Kier alpha value is -2.47. The first-order valence-electron chi connectivity index (χ1n) is 8.27. The standard InChI is InChI=1S/C19H20N2O3S/c1-4-12(2)24-19(23)13(3)21-11-20-17-15(18(21)22)10-16(25-17)14-8-6-5-7-9-14/h5-13H,4H2,1-3H3/t12-,13-/m0/s1. The van der Waals surface area contributed by atoms with Crippen LogP contribution in [0.2, 0.25) is 0 Å². The van der Waals surface area contributed by atoms with Crippen LogP contribution in [-0.2, 0) is 9.53 Å². The Bertz CT molecular complexity index is 946. The fourth-order valence-electron chi connectivity index (χ4n) is 2.45. The van der Waals surface area contributed by atoms with Gasteiger partial charge in [0.05, 0.1) is 17.8 Å². The first-order valence-corrected chi connectivity index (χ1v) is 9.09. The van der Waals surface area contributed by atoms with Crippen molar-refractivity contribution in [2.45, 2.75) is 39.3 Å². The topological polar surface area (TPSA) is 61.2 Å². The van der Waals surface area contributed by atoms with Crippen molar-refractivity contribution in [3.05, 3.63) is 53.1 Å². The minimum Gasteiger partial charge on any atom is -0.461 e. The molecule has 25 heavy (non-hydrogen) atoms. The molecule has 0 saturated heterocycles. The number of hydrogen-bond acceptors (Lipinski definition) is 5. The van der Waals surface area contributed by atoms with Crippen LogP contribution in [0.3, 0.4) is 0 Å². The van der Waals surface area contributed by atoms with Crippen LogP contribution in [0.5, 0.6) is 0 Å². The van der Waals surface area contributed by atoms with Crippen molar-refractivity contribution in [2.75, 3.05) is 0 Å². The van der Waals surface area contributed by atoms with E-state index in [1.54, 1.807) is 6.92 Å². The SMILES string of the molecule is CC[C@H](C)OC(=O)[C@H](C)n1cnc2sc(-c3ccccc3)cc2c1=O. The molecule has 0 N–H and O–H groups in total. The summed E-state index contributed by atoms with van der Waals surface area (Å²) >= 11 is 1.47. The Labute approximate surface area is 149 Å². The van der Waals surface area contributed by atoms with Crippen LogP contribution in [0.25, 0.3) is 20.7 Å². The van der Waals surface area contributed by atoms with Gasteiger partial charge in [-0.1, -0.05) is 37.3 Å². The van der Waals surface area contributed by atoms with Gasteiger partial charge in [0.2, 0.25) is 0 Å². The lowest BCUT2D eigenvalue weighted by molar-refractivity contribution is -0.152. The molecular weight excluding hydrogens is 336 g/mol. The summed E-state index contributed by atoms with van der Waals surface area (Å²) in [4.78, 5) is 31.0. The number of hydrogen-bond donors (Lipinski definition) is 0. The second-order valence-corrected chi connectivity index (χ2v) is 7.01. The van der Waals surface area contributed by atoms with Gasteiger partial charge in [-0.3, -0.25) is 9.36 Å². The number of carbonyl (C=O) groups excluding carboxylic acids is 1. The van der Waals surface area contributed by atoms with E-state index >= 15 is 0 Å². The van der Waals surface area contributed by atoms with E-state index in [0.29, 0.717) is 10.2 Å². The van der Waals surface area contributed by atoms with Crippen molar-refractivity contribution in [1.82, 2.24) is 9.55 Å². The Morgan fingerprint density at radius 1 is 1.28 bits per heavy atom. The Kier molecular flexibility index (Phi) is 4.99. The van der Waals surface area contributed by atoms with Gasteiger partial charge >= 0.3 is 5.97 Å². The van der Waals surface area contributed by atoms with Gasteiger partial charge in [-0.15, -0.1) is 11.3 Å². The molecule has 0 aliphatic heterocycles. The Balaban J connectivity index is 1.97. The maximum Gasteiger partial charge on any atom is 0.329 e. The van der Waals surface area contributed by atoms with Crippen LogP contribution < -0.4 is 5.56 Å². The molecule has 0 fully saturated rings. The third-order valence-electron chi connectivity index (χ3n) is 4.19. The molecule has 3 rings (SSSR count). The molecule has 0 amide bonds. The molecular formula is C19H20N2O3S. The van der Waals surface area contributed by atoms with Gasteiger partial charge in [-0.2, -0.15) is 0 Å². The molecule has 3 aromatic rings. The monoisotopic (exact) mass is 356 g/mol. The normalized spacial score (nSPS) is 13.6. The highest BCUT2D eigenvalue weighted by molar-refractivity contribution is 7.21. The summed E-state index contributed by atoms with van der Waals surface area (Å²) in [6.07, 6.45) is 1.99. The maximum atomic E-state index is 12.8. The van der Waals surface area contributed by atoms with E-state index in [2.05, 4.69) is 4.98 Å².